The number of ether oxygens (including phenoxy) is 1. The molecule has 0 amide bonds. The van der Waals surface area contributed by atoms with E-state index in [-0.39, 0.29) is 0 Å². The summed E-state index contributed by atoms with van der Waals surface area (Å²) in [5.41, 5.74) is 0.507. The van der Waals surface area contributed by atoms with Gasteiger partial charge in [0.25, 0.3) is 0 Å². The maximum atomic E-state index is 8.61. The molecule has 0 atom stereocenters. The van der Waals surface area contributed by atoms with E-state index in [0.29, 0.717) is 17.1 Å². The van der Waals surface area contributed by atoms with Crippen molar-refractivity contribution >= 4 is 5.76 Å². The molecule has 1 aromatic rings. The molecular formula is C9H9NO2. The lowest BCUT2D eigenvalue weighted by atomic mass is 10.2. The van der Waals surface area contributed by atoms with Gasteiger partial charge in [0.2, 0.25) is 0 Å². The fraction of sp³-hybridized carbons (Fsp3) is 0.222. The van der Waals surface area contributed by atoms with Crippen LogP contribution in [-0.4, -0.2) is 7.11 Å². The lowest BCUT2D eigenvalue weighted by molar-refractivity contribution is 0.350. The van der Waals surface area contributed by atoms with Gasteiger partial charge in [-0.05, 0) is 19.1 Å². The van der Waals surface area contributed by atoms with Gasteiger partial charge in [-0.1, -0.05) is 0 Å². The standard InChI is InChI=1S/C9H9NO2/c1-7(6-10)9(11-2)8-4-3-5-12-8/h3-5H,1-2H3/b9-7+. The van der Waals surface area contributed by atoms with Crippen molar-refractivity contribution in [1.82, 2.24) is 0 Å². The Balaban J connectivity index is 3.09. The highest BCUT2D eigenvalue weighted by Gasteiger charge is 2.07. The quantitative estimate of drug-likeness (QED) is 0.495. The van der Waals surface area contributed by atoms with Crippen LogP contribution in [-0.2, 0) is 4.74 Å². The van der Waals surface area contributed by atoms with Crippen molar-refractivity contribution in [3.63, 3.8) is 0 Å². The molecule has 0 aliphatic rings. The van der Waals surface area contributed by atoms with E-state index in [4.69, 9.17) is 14.4 Å². The molecule has 0 aliphatic carbocycles. The van der Waals surface area contributed by atoms with Crippen molar-refractivity contribution in [1.29, 1.82) is 5.26 Å². The summed E-state index contributed by atoms with van der Waals surface area (Å²) in [6.45, 7) is 1.68. The van der Waals surface area contributed by atoms with Gasteiger partial charge < -0.3 is 9.15 Å². The van der Waals surface area contributed by atoms with E-state index in [0.717, 1.165) is 0 Å². The number of rotatable bonds is 2. The molecule has 0 saturated carbocycles. The van der Waals surface area contributed by atoms with Crippen molar-refractivity contribution < 1.29 is 9.15 Å². The van der Waals surface area contributed by atoms with Crippen LogP contribution in [0.25, 0.3) is 5.76 Å². The number of allylic oxidation sites excluding steroid dienone is 1. The van der Waals surface area contributed by atoms with Crippen LogP contribution in [0.1, 0.15) is 12.7 Å². The van der Waals surface area contributed by atoms with Crippen molar-refractivity contribution in [3.05, 3.63) is 29.7 Å². The molecule has 0 aromatic carbocycles. The number of furan rings is 1. The highest BCUT2D eigenvalue weighted by molar-refractivity contribution is 5.61. The molecule has 0 fully saturated rings. The Morgan fingerprint density at radius 1 is 1.67 bits per heavy atom. The van der Waals surface area contributed by atoms with Gasteiger partial charge >= 0.3 is 0 Å². The average molecular weight is 163 g/mol. The third-order valence-electron chi connectivity index (χ3n) is 1.46. The third kappa shape index (κ3) is 1.48. The largest absolute Gasteiger partial charge is 0.492 e. The van der Waals surface area contributed by atoms with Crippen molar-refractivity contribution in [3.8, 4) is 6.07 Å². The minimum atomic E-state index is 0.488. The molecule has 12 heavy (non-hydrogen) atoms. The Morgan fingerprint density at radius 2 is 2.42 bits per heavy atom. The highest BCUT2D eigenvalue weighted by Crippen LogP contribution is 2.18. The van der Waals surface area contributed by atoms with E-state index in [1.54, 1.807) is 25.3 Å². The van der Waals surface area contributed by atoms with E-state index < -0.39 is 0 Å². The fourth-order valence-corrected chi connectivity index (χ4v) is 0.897. The van der Waals surface area contributed by atoms with Crippen LogP contribution in [0.3, 0.4) is 0 Å². The van der Waals surface area contributed by atoms with E-state index in [2.05, 4.69) is 0 Å². The first-order valence-corrected chi connectivity index (χ1v) is 3.48. The fourth-order valence-electron chi connectivity index (χ4n) is 0.897. The van der Waals surface area contributed by atoms with Crippen LogP contribution in [0, 0.1) is 11.3 Å². The molecule has 1 heterocycles. The molecule has 3 heteroatoms. The van der Waals surface area contributed by atoms with Crippen LogP contribution >= 0.6 is 0 Å². The molecule has 0 radical (unpaired) electrons. The average Bonchev–Trinajstić information content (AvgIpc) is 2.58. The first kappa shape index (κ1) is 8.41. The summed E-state index contributed by atoms with van der Waals surface area (Å²) in [6.07, 6.45) is 1.54. The molecule has 0 saturated heterocycles. The summed E-state index contributed by atoms with van der Waals surface area (Å²) in [5.74, 6) is 1.07. The molecule has 0 N–H and O–H groups in total. The Kier molecular flexibility index (Phi) is 2.54. The van der Waals surface area contributed by atoms with E-state index in [1.807, 2.05) is 6.07 Å². The second kappa shape index (κ2) is 3.63. The molecule has 1 rings (SSSR count). The number of nitrogens with zero attached hydrogens (tertiary/aromatic N) is 1. The zero-order valence-corrected chi connectivity index (χ0v) is 7.00. The Hall–Kier alpha value is -1.69. The smallest absolute Gasteiger partial charge is 0.174 e. The van der Waals surface area contributed by atoms with Crippen molar-refractivity contribution in [2.75, 3.05) is 7.11 Å². The minimum absolute atomic E-state index is 0.488. The third-order valence-corrected chi connectivity index (χ3v) is 1.46. The van der Waals surface area contributed by atoms with E-state index >= 15 is 0 Å². The number of nitriles is 1. The van der Waals surface area contributed by atoms with Gasteiger partial charge in [0.15, 0.2) is 11.5 Å². The van der Waals surface area contributed by atoms with Gasteiger partial charge in [-0.25, -0.2) is 0 Å². The highest BCUT2D eigenvalue weighted by atomic mass is 16.5. The minimum Gasteiger partial charge on any atom is -0.492 e. The zero-order chi connectivity index (χ0) is 8.97. The van der Waals surface area contributed by atoms with Crippen LogP contribution in [0.4, 0.5) is 0 Å². The molecule has 3 nitrogen and oxygen atoms in total. The Bertz CT molecular complexity index is 317. The molecular weight excluding hydrogens is 154 g/mol. The predicted octanol–water partition coefficient (Wildman–Crippen LogP) is 2.18. The summed E-state index contributed by atoms with van der Waals surface area (Å²) < 4.78 is 10.1. The van der Waals surface area contributed by atoms with Crippen LogP contribution < -0.4 is 0 Å². The Labute approximate surface area is 70.9 Å². The van der Waals surface area contributed by atoms with Crippen LogP contribution in [0.15, 0.2) is 28.4 Å². The van der Waals surface area contributed by atoms with Gasteiger partial charge in [-0.3, -0.25) is 0 Å². The monoisotopic (exact) mass is 163 g/mol. The van der Waals surface area contributed by atoms with E-state index in [1.165, 1.54) is 7.11 Å². The maximum absolute atomic E-state index is 8.61. The summed E-state index contributed by atoms with van der Waals surface area (Å²) in [7, 11) is 1.51. The zero-order valence-electron chi connectivity index (χ0n) is 7.00. The molecule has 0 spiro atoms. The Morgan fingerprint density at radius 3 is 2.83 bits per heavy atom. The second-order valence-corrected chi connectivity index (χ2v) is 2.25. The summed E-state index contributed by atoms with van der Waals surface area (Å²) >= 11 is 0. The van der Waals surface area contributed by atoms with Crippen LogP contribution in [0.5, 0.6) is 0 Å². The first-order chi connectivity index (χ1) is 5.79. The number of methoxy groups -OCH3 is 1. The van der Waals surface area contributed by atoms with Gasteiger partial charge in [0.1, 0.15) is 0 Å². The summed E-state index contributed by atoms with van der Waals surface area (Å²) in [6, 6.07) is 5.50. The van der Waals surface area contributed by atoms with Gasteiger partial charge in [0, 0.05) is 0 Å². The summed E-state index contributed by atoms with van der Waals surface area (Å²) in [4.78, 5) is 0. The van der Waals surface area contributed by atoms with Gasteiger partial charge in [-0.15, -0.1) is 0 Å². The molecule has 62 valence electrons. The number of hydrogen-bond donors (Lipinski definition) is 0. The lowest BCUT2D eigenvalue weighted by Crippen LogP contribution is -1.88. The molecule has 1 aromatic heterocycles. The van der Waals surface area contributed by atoms with Gasteiger partial charge in [0.05, 0.1) is 25.0 Å². The van der Waals surface area contributed by atoms with Crippen molar-refractivity contribution in [2.45, 2.75) is 6.92 Å². The van der Waals surface area contributed by atoms with Crippen molar-refractivity contribution in [2.24, 2.45) is 0 Å². The topological polar surface area (TPSA) is 46.2 Å². The summed E-state index contributed by atoms with van der Waals surface area (Å²) in [5, 5.41) is 8.61. The predicted molar refractivity (Wildman–Crippen MR) is 43.9 cm³/mol. The van der Waals surface area contributed by atoms with E-state index in [9.17, 15) is 0 Å². The maximum Gasteiger partial charge on any atom is 0.174 e. The first-order valence-electron chi connectivity index (χ1n) is 3.48. The normalized spacial score (nSPS) is 11.8. The second-order valence-electron chi connectivity index (χ2n) is 2.25. The SMILES string of the molecule is CO/C(=C(\C)C#N)c1ccco1. The molecule has 0 unspecified atom stereocenters. The number of hydrogen-bond acceptors (Lipinski definition) is 3. The molecule has 0 bridgehead atoms. The van der Waals surface area contributed by atoms with Gasteiger partial charge in [-0.2, -0.15) is 5.26 Å². The molecule has 0 aliphatic heterocycles. The lowest BCUT2D eigenvalue weighted by Gasteiger charge is -2.02. The van der Waals surface area contributed by atoms with Crippen LogP contribution in [0.2, 0.25) is 0 Å².